The van der Waals surface area contributed by atoms with Crippen LogP contribution in [0.4, 0.5) is 5.69 Å². The lowest BCUT2D eigenvalue weighted by molar-refractivity contribution is -0.118. The van der Waals surface area contributed by atoms with Gasteiger partial charge in [-0.25, -0.2) is 0 Å². The zero-order valence-electron chi connectivity index (χ0n) is 16.4. The van der Waals surface area contributed by atoms with E-state index >= 15 is 0 Å². The fourth-order valence-electron chi connectivity index (χ4n) is 2.66. The monoisotopic (exact) mass is 403 g/mol. The van der Waals surface area contributed by atoms with Crippen LogP contribution in [0, 0.1) is 0 Å². The van der Waals surface area contributed by atoms with Crippen LogP contribution in [0.3, 0.4) is 0 Å². The van der Waals surface area contributed by atoms with Crippen molar-refractivity contribution in [2.45, 2.75) is 0 Å². The number of phenols is 1. The first-order valence-electron chi connectivity index (χ1n) is 9.22. The van der Waals surface area contributed by atoms with E-state index in [4.69, 9.17) is 9.47 Å². The highest BCUT2D eigenvalue weighted by molar-refractivity contribution is 6.06. The SMILES string of the molecule is COc1ccc(C=CC(=O)c2ccc(OCC(=O)Nc3ccccc3)cc2)cc1O. The molecule has 2 N–H and O–H groups in total. The molecule has 0 aliphatic rings. The number of carbonyl (C=O) groups is 2. The number of carbonyl (C=O) groups excluding carboxylic acids is 2. The number of hydrogen-bond acceptors (Lipinski definition) is 5. The summed E-state index contributed by atoms with van der Waals surface area (Å²) < 4.78 is 10.5. The molecular weight excluding hydrogens is 382 g/mol. The van der Waals surface area contributed by atoms with E-state index in [1.165, 1.54) is 19.3 Å². The van der Waals surface area contributed by atoms with Crippen LogP contribution in [0.1, 0.15) is 15.9 Å². The van der Waals surface area contributed by atoms with Crippen molar-refractivity contribution in [2.24, 2.45) is 0 Å². The lowest BCUT2D eigenvalue weighted by atomic mass is 10.1. The third-order valence-electron chi connectivity index (χ3n) is 4.20. The Bertz CT molecular complexity index is 1040. The molecule has 0 aromatic heterocycles. The first-order valence-corrected chi connectivity index (χ1v) is 9.22. The highest BCUT2D eigenvalue weighted by Crippen LogP contribution is 2.26. The van der Waals surface area contributed by atoms with Crippen LogP contribution in [0.15, 0.2) is 78.9 Å². The van der Waals surface area contributed by atoms with Crippen LogP contribution in [-0.4, -0.2) is 30.5 Å². The molecule has 0 saturated carbocycles. The van der Waals surface area contributed by atoms with Crippen LogP contribution in [0.25, 0.3) is 6.08 Å². The topological polar surface area (TPSA) is 84.9 Å². The Balaban J connectivity index is 1.53. The predicted octanol–water partition coefficient (Wildman–Crippen LogP) is 4.31. The highest BCUT2D eigenvalue weighted by Gasteiger charge is 2.06. The molecule has 0 heterocycles. The van der Waals surface area contributed by atoms with Crippen molar-refractivity contribution in [1.29, 1.82) is 0 Å². The number of nitrogens with one attached hydrogen (secondary N) is 1. The number of rotatable bonds is 8. The number of allylic oxidation sites excluding steroid dienone is 1. The van der Waals surface area contributed by atoms with Gasteiger partial charge in [0.15, 0.2) is 23.9 Å². The molecule has 0 unspecified atom stereocenters. The molecule has 0 aliphatic carbocycles. The smallest absolute Gasteiger partial charge is 0.262 e. The van der Waals surface area contributed by atoms with E-state index in [1.54, 1.807) is 54.6 Å². The molecule has 3 rings (SSSR count). The maximum atomic E-state index is 12.3. The van der Waals surface area contributed by atoms with Crippen molar-refractivity contribution in [1.82, 2.24) is 0 Å². The molecule has 0 radical (unpaired) electrons. The molecule has 152 valence electrons. The Labute approximate surface area is 174 Å². The van der Waals surface area contributed by atoms with Gasteiger partial charge >= 0.3 is 0 Å². The Morgan fingerprint density at radius 3 is 2.40 bits per heavy atom. The number of anilines is 1. The average Bonchev–Trinajstić information content (AvgIpc) is 2.77. The van der Waals surface area contributed by atoms with Crippen molar-refractivity contribution in [3.05, 3.63) is 90.0 Å². The summed E-state index contributed by atoms with van der Waals surface area (Å²) in [6.07, 6.45) is 3.03. The second kappa shape index (κ2) is 9.93. The maximum absolute atomic E-state index is 12.3. The number of ether oxygens (including phenoxy) is 2. The van der Waals surface area contributed by atoms with E-state index < -0.39 is 0 Å². The second-order valence-corrected chi connectivity index (χ2v) is 6.36. The molecule has 0 fully saturated rings. The number of para-hydroxylation sites is 1. The summed E-state index contributed by atoms with van der Waals surface area (Å²) in [5.74, 6) is 0.390. The molecule has 6 nitrogen and oxygen atoms in total. The number of hydrogen-bond donors (Lipinski definition) is 2. The lowest BCUT2D eigenvalue weighted by Crippen LogP contribution is -2.20. The lowest BCUT2D eigenvalue weighted by Gasteiger charge is -2.07. The van der Waals surface area contributed by atoms with E-state index in [2.05, 4.69) is 5.32 Å². The van der Waals surface area contributed by atoms with Crippen LogP contribution >= 0.6 is 0 Å². The molecule has 0 bridgehead atoms. The predicted molar refractivity (Wildman–Crippen MR) is 115 cm³/mol. The molecule has 0 atom stereocenters. The average molecular weight is 403 g/mol. The molecule has 6 heteroatoms. The number of benzene rings is 3. The first-order chi connectivity index (χ1) is 14.5. The summed E-state index contributed by atoms with van der Waals surface area (Å²) in [5, 5.41) is 12.5. The first kappa shape index (κ1) is 20.7. The highest BCUT2D eigenvalue weighted by atomic mass is 16.5. The minimum absolute atomic E-state index is 0.00454. The van der Waals surface area contributed by atoms with Crippen LogP contribution in [0.5, 0.6) is 17.2 Å². The summed E-state index contributed by atoms with van der Waals surface area (Å²) in [5.41, 5.74) is 1.85. The third kappa shape index (κ3) is 5.72. The summed E-state index contributed by atoms with van der Waals surface area (Å²) in [4.78, 5) is 24.2. The fourth-order valence-corrected chi connectivity index (χ4v) is 2.66. The van der Waals surface area contributed by atoms with Gasteiger partial charge < -0.3 is 19.9 Å². The Kier molecular flexibility index (Phi) is 6.84. The molecular formula is C24H21NO5. The van der Waals surface area contributed by atoms with Crippen molar-refractivity contribution >= 4 is 23.5 Å². The van der Waals surface area contributed by atoms with Gasteiger partial charge in [-0.1, -0.05) is 30.3 Å². The number of ketones is 1. The van der Waals surface area contributed by atoms with Gasteiger partial charge in [0.25, 0.3) is 5.91 Å². The van der Waals surface area contributed by atoms with Crippen LogP contribution in [0.2, 0.25) is 0 Å². The van der Waals surface area contributed by atoms with Gasteiger partial charge in [0.2, 0.25) is 0 Å². The standard InChI is InChI=1S/C24H21NO5/c1-29-23-14-8-17(15-22(23)27)7-13-21(26)18-9-11-20(12-10-18)30-16-24(28)25-19-5-3-2-4-6-19/h2-15,27H,16H2,1H3,(H,25,28). The van der Waals surface area contributed by atoms with E-state index in [1.807, 2.05) is 18.2 Å². The largest absolute Gasteiger partial charge is 0.504 e. The molecule has 0 spiro atoms. The van der Waals surface area contributed by atoms with E-state index in [9.17, 15) is 14.7 Å². The number of amides is 1. The van der Waals surface area contributed by atoms with Gasteiger partial charge in [-0.3, -0.25) is 9.59 Å². The molecule has 0 aliphatic heterocycles. The number of aromatic hydroxyl groups is 1. The Morgan fingerprint density at radius 2 is 1.73 bits per heavy atom. The van der Waals surface area contributed by atoms with E-state index in [-0.39, 0.29) is 24.0 Å². The van der Waals surface area contributed by atoms with E-state index in [0.717, 1.165) is 0 Å². The van der Waals surface area contributed by atoms with Crippen LogP contribution in [-0.2, 0) is 4.79 Å². The molecule has 1 amide bonds. The maximum Gasteiger partial charge on any atom is 0.262 e. The molecule has 0 saturated heterocycles. The van der Waals surface area contributed by atoms with Gasteiger partial charge in [-0.15, -0.1) is 0 Å². The number of methoxy groups -OCH3 is 1. The summed E-state index contributed by atoms with van der Waals surface area (Å²) >= 11 is 0. The summed E-state index contributed by atoms with van der Waals surface area (Å²) in [6, 6.07) is 20.5. The van der Waals surface area contributed by atoms with Crippen molar-refractivity contribution in [3.8, 4) is 17.2 Å². The van der Waals surface area contributed by atoms with Gasteiger partial charge in [0, 0.05) is 11.3 Å². The molecule has 3 aromatic carbocycles. The Morgan fingerprint density at radius 1 is 1.00 bits per heavy atom. The van der Waals surface area contributed by atoms with Crippen molar-refractivity contribution in [2.75, 3.05) is 19.0 Å². The zero-order valence-corrected chi connectivity index (χ0v) is 16.4. The Hall–Kier alpha value is -4.06. The minimum Gasteiger partial charge on any atom is -0.504 e. The third-order valence-corrected chi connectivity index (χ3v) is 4.20. The minimum atomic E-state index is -0.271. The van der Waals surface area contributed by atoms with Gasteiger partial charge in [-0.2, -0.15) is 0 Å². The second-order valence-electron chi connectivity index (χ2n) is 6.36. The molecule has 30 heavy (non-hydrogen) atoms. The van der Waals surface area contributed by atoms with E-state index in [0.29, 0.717) is 28.3 Å². The summed E-state index contributed by atoms with van der Waals surface area (Å²) in [6.45, 7) is -0.136. The van der Waals surface area contributed by atoms with Crippen LogP contribution < -0.4 is 14.8 Å². The number of phenolic OH excluding ortho intramolecular Hbond substituents is 1. The van der Waals surface area contributed by atoms with Gasteiger partial charge in [0.1, 0.15) is 5.75 Å². The van der Waals surface area contributed by atoms with Gasteiger partial charge in [0.05, 0.1) is 7.11 Å². The quantitative estimate of drug-likeness (QED) is 0.432. The van der Waals surface area contributed by atoms with Gasteiger partial charge in [-0.05, 0) is 60.2 Å². The zero-order chi connectivity index (χ0) is 21.3. The van der Waals surface area contributed by atoms with Crippen molar-refractivity contribution in [3.63, 3.8) is 0 Å². The fraction of sp³-hybridized carbons (Fsp3) is 0.0833. The normalized spacial score (nSPS) is 10.6. The van der Waals surface area contributed by atoms with Crippen molar-refractivity contribution < 1.29 is 24.2 Å². The molecule has 3 aromatic rings. The summed E-state index contributed by atoms with van der Waals surface area (Å²) in [7, 11) is 1.47.